The number of amides is 1. The van der Waals surface area contributed by atoms with Crippen LogP contribution in [0.25, 0.3) is 0 Å². The SMILES string of the molecule is Cc1cnc(C2CCC2)n1CC1CCN(C(=O)CCc2ccccc2)C1. The van der Waals surface area contributed by atoms with Gasteiger partial charge in [0.2, 0.25) is 5.91 Å². The summed E-state index contributed by atoms with van der Waals surface area (Å²) < 4.78 is 2.42. The Bertz CT molecular complexity index is 748. The maximum Gasteiger partial charge on any atom is 0.222 e. The van der Waals surface area contributed by atoms with Crippen LogP contribution in [0, 0.1) is 12.8 Å². The van der Waals surface area contributed by atoms with Gasteiger partial charge in [0.15, 0.2) is 0 Å². The van der Waals surface area contributed by atoms with Crippen molar-refractivity contribution in [2.24, 2.45) is 5.92 Å². The Balaban J connectivity index is 1.31. The zero-order chi connectivity index (χ0) is 17.9. The highest BCUT2D eigenvalue weighted by Gasteiger charge is 2.29. The van der Waals surface area contributed by atoms with Crippen LogP contribution in [0.3, 0.4) is 0 Å². The van der Waals surface area contributed by atoms with Gasteiger partial charge in [0.1, 0.15) is 5.82 Å². The molecule has 0 N–H and O–H groups in total. The van der Waals surface area contributed by atoms with Crippen molar-refractivity contribution in [2.75, 3.05) is 13.1 Å². The second kappa shape index (κ2) is 7.65. The Kier molecular flexibility index (Phi) is 5.09. The van der Waals surface area contributed by atoms with Crippen molar-refractivity contribution in [2.45, 2.75) is 57.9 Å². The average molecular weight is 351 g/mol. The number of carbonyl (C=O) groups is 1. The summed E-state index contributed by atoms with van der Waals surface area (Å²) in [5.74, 6) is 2.80. The van der Waals surface area contributed by atoms with E-state index in [1.807, 2.05) is 24.4 Å². The quantitative estimate of drug-likeness (QED) is 0.790. The maximum atomic E-state index is 12.6. The van der Waals surface area contributed by atoms with Crippen LogP contribution < -0.4 is 0 Å². The molecule has 2 fully saturated rings. The second-order valence-electron chi connectivity index (χ2n) is 7.98. The fourth-order valence-corrected chi connectivity index (χ4v) is 4.23. The van der Waals surface area contributed by atoms with E-state index in [1.165, 1.54) is 36.3 Å². The van der Waals surface area contributed by atoms with E-state index in [1.54, 1.807) is 0 Å². The molecule has 4 rings (SSSR count). The van der Waals surface area contributed by atoms with Crippen LogP contribution in [0.1, 0.15) is 55.1 Å². The molecular formula is C22H29N3O. The molecule has 1 saturated heterocycles. The number of aryl methyl sites for hydroxylation is 2. The molecule has 0 radical (unpaired) electrons. The fourth-order valence-electron chi connectivity index (χ4n) is 4.23. The third kappa shape index (κ3) is 3.69. The molecule has 1 aromatic heterocycles. The summed E-state index contributed by atoms with van der Waals surface area (Å²) in [5, 5.41) is 0. The van der Waals surface area contributed by atoms with Crippen LogP contribution in [0.5, 0.6) is 0 Å². The molecule has 4 nitrogen and oxygen atoms in total. The number of aromatic nitrogens is 2. The number of benzene rings is 1. The highest BCUT2D eigenvalue weighted by Crippen LogP contribution is 2.36. The summed E-state index contributed by atoms with van der Waals surface area (Å²) in [6, 6.07) is 10.3. The fraction of sp³-hybridized carbons (Fsp3) is 0.545. The lowest BCUT2D eigenvalue weighted by atomic mass is 9.84. The summed E-state index contributed by atoms with van der Waals surface area (Å²) in [5.41, 5.74) is 2.51. The molecule has 1 aliphatic heterocycles. The molecule has 1 atom stereocenters. The molecule has 0 bridgehead atoms. The normalized spacial score (nSPS) is 20.3. The van der Waals surface area contributed by atoms with E-state index in [-0.39, 0.29) is 0 Å². The van der Waals surface area contributed by atoms with Gasteiger partial charge in [-0.3, -0.25) is 4.79 Å². The summed E-state index contributed by atoms with van der Waals surface area (Å²) in [6.45, 7) is 4.98. The molecule has 1 amide bonds. The van der Waals surface area contributed by atoms with Crippen LogP contribution in [-0.4, -0.2) is 33.4 Å². The number of nitrogens with zero attached hydrogens (tertiary/aromatic N) is 3. The Morgan fingerprint density at radius 3 is 2.73 bits per heavy atom. The van der Waals surface area contributed by atoms with Gasteiger partial charge in [-0.25, -0.2) is 4.98 Å². The number of imidazole rings is 1. The topological polar surface area (TPSA) is 38.1 Å². The van der Waals surface area contributed by atoms with E-state index in [0.717, 1.165) is 32.5 Å². The lowest BCUT2D eigenvalue weighted by Gasteiger charge is -2.27. The standard InChI is InChI=1S/C22H29N3O/c1-17-14-23-22(20-8-5-9-20)25(17)16-19-12-13-24(15-19)21(26)11-10-18-6-3-2-4-7-18/h2-4,6-7,14,19-20H,5,8-13,15-16H2,1H3. The first kappa shape index (κ1) is 17.3. The van der Waals surface area contributed by atoms with Crippen LogP contribution in [0.15, 0.2) is 36.5 Å². The van der Waals surface area contributed by atoms with Gasteiger partial charge in [-0.1, -0.05) is 36.8 Å². The van der Waals surface area contributed by atoms with Crippen molar-refractivity contribution in [3.8, 4) is 0 Å². The lowest BCUT2D eigenvalue weighted by Crippen LogP contribution is -2.29. The Labute approximate surface area is 156 Å². The summed E-state index contributed by atoms with van der Waals surface area (Å²) in [4.78, 5) is 19.3. The van der Waals surface area contributed by atoms with Crippen molar-refractivity contribution >= 4 is 5.91 Å². The van der Waals surface area contributed by atoms with Gasteiger partial charge in [-0.05, 0) is 44.1 Å². The maximum absolute atomic E-state index is 12.6. The average Bonchev–Trinajstić information content (AvgIpc) is 3.22. The number of rotatable bonds is 6. The van der Waals surface area contributed by atoms with Crippen LogP contribution in [0.4, 0.5) is 0 Å². The molecule has 138 valence electrons. The Morgan fingerprint density at radius 1 is 1.19 bits per heavy atom. The summed E-state index contributed by atoms with van der Waals surface area (Å²) in [7, 11) is 0. The van der Waals surface area contributed by atoms with E-state index in [2.05, 4.69) is 33.5 Å². The molecular weight excluding hydrogens is 322 g/mol. The summed E-state index contributed by atoms with van der Waals surface area (Å²) in [6.07, 6.45) is 8.49. The third-order valence-electron chi connectivity index (χ3n) is 6.11. The van der Waals surface area contributed by atoms with Crippen molar-refractivity contribution < 1.29 is 4.79 Å². The van der Waals surface area contributed by atoms with Gasteiger partial charge in [0.05, 0.1) is 0 Å². The molecule has 1 unspecified atom stereocenters. The molecule has 1 aliphatic carbocycles. The highest BCUT2D eigenvalue weighted by atomic mass is 16.2. The van der Waals surface area contributed by atoms with Gasteiger partial charge in [-0.15, -0.1) is 0 Å². The van der Waals surface area contributed by atoms with E-state index < -0.39 is 0 Å². The molecule has 1 aromatic carbocycles. The molecule has 4 heteroatoms. The predicted molar refractivity (Wildman–Crippen MR) is 103 cm³/mol. The zero-order valence-electron chi connectivity index (χ0n) is 15.7. The highest BCUT2D eigenvalue weighted by molar-refractivity contribution is 5.76. The van der Waals surface area contributed by atoms with Crippen molar-refractivity contribution in [3.05, 3.63) is 53.6 Å². The molecule has 2 aliphatic rings. The molecule has 1 saturated carbocycles. The van der Waals surface area contributed by atoms with Crippen LogP contribution in [0.2, 0.25) is 0 Å². The van der Waals surface area contributed by atoms with E-state index in [0.29, 0.717) is 24.2 Å². The minimum absolute atomic E-state index is 0.304. The Hall–Kier alpha value is -2.10. The lowest BCUT2D eigenvalue weighted by molar-refractivity contribution is -0.130. The van der Waals surface area contributed by atoms with Gasteiger partial charge < -0.3 is 9.47 Å². The van der Waals surface area contributed by atoms with E-state index in [9.17, 15) is 4.79 Å². The van der Waals surface area contributed by atoms with Gasteiger partial charge in [0.25, 0.3) is 0 Å². The first-order chi connectivity index (χ1) is 12.7. The smallest absolute Gasteiger partial charge is 0.222 e. The first-order valence-corrected chi connectivity index (χ1v) is 10.0. The summed E-state index contributed by atoms with van der Waals surface area (Å²) >= 11 is 0. The minimum Gasteiger partial charge on any atom is -0.342 e. The number of hydrogen-bond acceptors (Lipinski definition) is 2. The van der Waals surface area contributed by atoms with E-state index in [4.69, 9.17) is 0 Å². The number of hydrogen-bond donors (Lipinski definition) is 0. The molecule has 0 spiro atoms. The first-order valence-electron chi connectivity index (χ1n) is 10.0. The van der Waals surface area contributed by atoms with Gasteiger partial charge in [0, 0.05) is 43.9 Å². The monoisotopic (exact) mass is 351 g/mol. The largest absolute Gasteiger partial charge is 0.342 e. The number of carbonyl (C=O) groups excluding carboxylic acids is 1. The van der Waals surface area contributed by atoms with E-state index >= 15 is 0 Å². The van der Waals surface area contributed by atoms with Gasteiger partial charge in [-0.2, -0.15) is 0 Å². The van der Waals surface area contributed by atoms with Gasteiger partial charge >= 0.3 is 0 Å². The van der Waals surface area contributed by atoms with Crippen molar-refractivity contribution in [1.82, 2.24) is 14.5 Å². The zero-order valence-corrected chi connectivity index (χ0v) is 15.7. The molecule has 2 heterocycles. The van der Waals surface area contributed by atoms with Crippen LogP contribution in [-0.2, 0) is 17.8 Å². The Morgan fingerprint density at radius 2 is 2.00 bits per heavy atom. The molecule has 2 aromatic rings. The van der Waals surface area contributed by atoms with Crippen molar-refractivity contribution in [1.29, 1.82) is 0 Å². The predicted octanol–water partition coefficient (Wildman–Crippen LogP) is 3.94. The number of likely N-dealkylation sites (tertiary alicyclic amines) is 1. The van der Waals surface area contributed by atoms with Crippen LogP contribution >= 0.6 is 0 Å². The second-order valence-corrected chi connectivity index (χ2v) is 7.98. The molecule has 26 heavy (non-hydrogen) atoms. The minimum atomic E-state index is 0.304. The van der Waals surface area contributed by atoms with Crippen molar-refractivity contribution in [3.63, 3.8) is 0 Å². The third-order valence-corrected chi connectivity index (χ3v) is 6.11.